The van der Waals surface area contributed by atoms with Crippen molar-refractivity contribution in [2.75, 3.05) is 11.1 Å². The van der Waals surface area contributed by atoms with Gasteiger partial charge in [-0.3, -0.25) is 4.79 Å². The quantitative estimate of drug-likeness (QED) is 0.820. The van der Waals surface area contributed by atoms with Gasteiger partial charge in [-0.05, 0) is 6.42 Å². The highest BCUT2D eigenvalue weighted by Crippen LogP contribution is 2.19. The van der Waals surface area contributed by atoms with Crippen molar-refractivity contribution >= 4 is 34.1 Å². The molecule has 0 spiro atoms. The molecule has 0 bridgehead atoms. The second-order valence-corrected chi connectivity index (χ2v) is 5.40. The summed E-state index contributed by atoms with van der Waals surface area (Å²) in [7, 11) is 0. The number of carbonyl (C=O) groups excluding carboxylic acids is 1. The molecular weight excluding hydrogens is 242 g/mol. The highest BCUT2D eigenvalue weighted by atomic mass is 32.2. The van der Waals surface area contributed by atoms with Gasteiger partial charge in [-0.15, -0.1) is 11.3 Å². The molecule has 0 aliphatic rings. The van der Waals surface area contributed by atoms with Crippen LogP contribution >= 0.6 is 23.1 Å². The van der Waals surface area contributed by atoms with Crippen LogP contribution in [0.5, 0.6) is 0 Å². The number of nitrogens with one attached hydrogen (secondary N) is 1. The number of rotatable bonds is 6. The van der Waals surface area contributed by atoms with Crippen molar-refractivity contribution in [2.45, 2.75) is 32.1 Å². The summed E-state index contributed by atoms with van der Waals surface area (Å²) in [6.07, 6.45) is 1.00. The van der Waals surface area contributed by atoms with Crippen LogP contribution in [-0.2, 0) is 10.5 Å². The second kappa shape index (κ2) is 6.88. The van der Waals surface area contributed by atoms with Crippen molar-refractivity contribution < 1.29 is 4.79 Å². The number of amides is 1. The fourth-order valence-electron chi connectivity index (χ4n) is 1.01. The molecular formula is C10H17N3OS2. The molecule has 1 unspecified atom stereocenters. The summed E-state index contributed by atoms with van der Waals surface area (Å²) >= 11 is 3.23. The fraction of sp³-hybridized carbons (Fsp3) is 0.600. The first-order valence-corrected chi connectivity index (χ1v) is 7.20. The monoisotopic (exact) mass is 259 g/mol. The number of thiazole rings is 1. The van der Waals surface area contributed by atoms with E-state index in [0.717, 1.165) is 23.6 Å². The van der Waals surface area contributed by atoms with Crippen molar-refractivity contribution in [3.8, 4) is 0 Å². The van der Waals surface area contributed by atoms with E-state index in [1.807, 2.05) is 5.38 Å². The molecule has 3 N–H and O–H groups in total. The molecule has 1 aromatic rings. The number of hydrogen-bond donors (Lipinski definition) is 2. The van der Waals surface area contributed by atoms with Crippen LogP contribution in [0.1, 0.15) is 26.0 Å². The van der Waals surface area contributed by atoms with Gasteiger partial charge in [0, 0.05) is 29.9 Å². The Morgan fingerprint density at radius 1 is 1.75 bits per heavy atom. The first kappa shape index (κ1) is 13.5. The summed E-state index contributed by atoms with van der Waals surface area (Å²) in [6.45, 7) is 3.57. The lowest BCUT2D eigenvalue weighted by atomic mass is 10.3. The third-order valence-electron chi connectivity index (χ3n) is 1.94. The van der Waals surface area contributed by atoms with Crippen molar-refractivity contribution in [3.05, 3.63) is 11.1 Å². The van der Waals surface area contributed by atoms with Crippen LogP contribution in [0.2, 0.25) is 0 Å². The molecule has 16 heavy (non-hydrogen) atoms. The summed E-state index contributed by atoms with van der Waals surface area (Å²) in [4.78, 5) is 15.1. The topological polar surface area (TPSA) is 68.0 Å². The smallest absolute Gasteiger partial charge is 0.223 e. The molecule has 1 atom stereocenters. The first-order valence-electron chi connectivity index (χ1n) is 5.17. The maximum absolute atomic E-state index is 10.8. The van der Waals surface area contributed by atoms with Crippen LogP contribution in [0.4, 0.5) is 5.13 Å². The number of nitrogens with two attached hydrogens (primary N) is 1. The van der Waals surface area contributed by atoms with Gasteiger partial charge in [0.05, 0.1) is 5.69 Å². The summed E-state index contributed by atoms with van der Waals surface area (Å²) in [5.41, 5.74) is 6.81. The number of anilines is 1. The van der Waals surface area contributed by atoms with Crippen LogP contribution in [0.25, 0.3) is 0 Å². The largest absolute Gasteiger partial charge is 0.327 e. The summed E-state index contributed by atoms with van der Waals surface area (Å²) in [6, 6.07) is 0.262. The lowest BCUT2D eigenvalue weighted by molar-refractivity contribution is -0.114. The van der Waals surface area contributed by atoms with Gasteiger partial charge in [-0.2, -0.15) is 11.8 Å². The predicted octanol–water partition coefficient (Wildman–Crippen LogP) is 2.07. The number of aromatic nitrogens is 1. The van der Waals surface area contributed by atoms with E-state index < -0.39 is 0 Å². The minimum absolute atomic E-state index is 0.0819. The van der Waals surface area contributed by atoms with E-state index in [4.69, 9.17) is 5.73 Å². The molecule has 0 saturated heterocycles. The molecule has 1 amide bonds. The molecule has 0 radical (unpaired) electrons. The standard InChI is InChI=1S/C10H17N3OS2/c1-3-8(11)4-15-5-9-6-16-10(13-9)12-7(2)14/h6,8H,3-5,11H2,1-2H3,(H,12,13,14). The first-order chi connectivity index (χ1) is 7.61. The minimum Gasteiger partial charge on any atom is -0.327 e. The highest BCUT2D eigenvalue weighted by Gasteiger charge is 2.04. The molecule has 0 aliphatic heterocycles. The normalized spacial score (nSPS) is 12.4. The molecule has 6 heteroatoms. The maximum atomic E-state index is 10.8. The van der Waals surface area contributed by atoms with E-state index in [9.17, 15) is 4.79 Å². The van der Waals surface area contributed by atoms with Crippen LogP contribution in [-0.4, -0.2) is 22.7 Å². The molecule has 0 saturated carbocycles. The Balaban J connectivity index is 2.32. The molecule has 1 rings (SSSR count). The molecule has 1 aromatic heterocycles. The van der Waals surface area contributed by atoms with Crippen molar-refractivity contribution in [2.24, 2.45) is 5.73 Å². The van der Waals surface area contributed by atoms with E-state index in [-0.39, 0.29) is 11.9 Å². The number of hydrogen-bond acceptors (Lipinski definition) is 5. The molecule has 0 aromatic carbocycles. The lowest BCUT2D eigenvalue weighted by Crippen LogP contribution is -2.21. The Morgan fingerprint density at radius 2 is 2.50 bits per heavy atom. The van der Waals surface area contributed by atoms with Gasteiger partial charge in [0.25, 0.3) is 0 Å². The van der Waals surface area contributed by atoms with Gasteiger partial charge < -0.3 is 11.1 Å². The number of nitrogens with zero attached hydrogens (tertiary/aromatic N) is 1. The van der Waals surface area contributed by atoms with E-state index in [0.29, 0.717) is 5.13 Å². The van der Waals surface area contributed by atoms with E-state index in [1.165, 1.54) is 18.3 Å². The minimum atomic E-state index is -0.0819. The van der Waals surface area contributed by atoms with Gasteiger partial charge in [0.1, 0.15) is 0 Å². The Morgan fingerprint density at radius 3 is 3.12 bits per heavy atom. The zero-order valence-corrected chi connectivity index (χ0v) is 11.2. The van der Waals surface area contributed by atoms with Gasteiger partial charge in [0.15, 0.2) is 5.13 Å². The lowest BCUT2D eigenvalue weighted by Gasteiger charge is -2.06. The zero-order chi connectivity index (χ0) is 12.0. The number of carbonyl (C=O) groups is 1. The van der Waals surface area contributed by atoms with E-state index in [2.05, 4.69) is 17.2 Å². The van der Waals surface area contributed by atoms with Crippen molar-refractivity contribution in [1.29, 1.82) is 0 Å². The summed E-state index contributed by atoms with van der Waals surface area (Å²) in [5.74, 6) is 1.72. The van der Waals surface area contributed by atoms with E-state index >= 15 is 0 Å². The van der Waals surface area contributed by atoms with Crippen molar-refractivity contribution in [1.82, 2.24) is 4.98 Å². The Kier molecular flexibility index (Phi) is 5.79. The molecule has 1 heterocycles. The maximum Gasteiger partial charge on any atom is 0.223 e. The van der Waals surface area contributed by atoms with Crippen molar-refractivity contribution in [3.63, 3.8) is 0 Å². The molecule has 90 valence electrons. The van der Waals surface area contributed by atoms with Crippen LogP contribution < -0.4 is 11.1 Å². The molecule has 0 aliphatic carbocycles. The van der Waals surface area contributed by atoms with Gasteiger partial charge in [-0.1, -0.05) is 6.92 Å². The average Bonchev–Trinajstić information content (AvgIpc) is 2.64. The van der Waals surface area contributed by atoms with Crippen LogP contribution in [0, 0.1) is 0 Å². The fourth-order valence-corrected chi connectivity index (χ4v) is 2.89. The Hall–Kier alpha value is -0.590. The van der Waals surface area contributed by atoms with Gasteiger partial charge in [-0.25, -0.2) is 4.98 Å². The zero-order valence-electron chi connectivity index (χ0n) is 9.53. The summed E-state index contributed by atoms with van der Waals surface area (Å²) < 4.78 is 0. The van der Waals surface area contributed by atoms with Gasteiger partial charge >= 0.3 is 0 Å². The third-order valence-corrected chi connectivity index (χ3v) is 3.91. The van der Waals surface area contributed by atoms with Crippen LogP contribution in [0.15, 0.2) is 5.38 Å². The average molecular weight is 259 g/mol. The predicted molar refractivity (Wildman–Crippen MR) is 70.8 cm³/mol. The highest BCUT2D eigenvalue weighted by molar-refractivity contribution is 7.98. The SMILES string of the molecule is CCC(N)CSCc1csc(NC(C)=O)n1. The Labute approximate surface area is 104 Å². The number of thioether (sulfide) groups is 1. The molecule has 0 fully saturated rings. The van der Waals surface area contributed by atoms with E-state index in [1.54, 1.807) is 11.8 Å². The van der Waals surface area contributed by atoms with Crippen LogP contribution in [0.3, 0.4) is 0 Å². The third kappa shape index (κ3) is 4.96. The Bertz CT molecular complexity index is 341. The summed E-state index contributed by atoms with van der Waals surface area (Å²) in [5, 5.41) is 5.31. The van der Waals surface area contributed by atoms with Gasteiger partial charge in [0.2, 0.25) is 5.91 Å². The molecule has 4 nitrogen and oxygen atoms in total. The second-order valence-electron chi connectivity index (χ2n) is 3.51.